The maximum Gasteiger partial charge on any atom is 0.354 e. The molecule has 0 aromatic heterocycles. The van der Waals surface area contributed by atoms with E-state index in [1.807, 2.05) is 0 Å². The molecule has 0 aromatic carbocycles. The Morgan fingerprint density at radius 3 is 0.754 bits per heavy atom. The van der Waals surface area contributed by atoms with Gasteiger partial charge < -0.3 is 71.8 Å². The van der Waals surface area contributed by atoms with Crippen LogP contribution in [0.3, 0.4) is 0 Å². The van der Waals surface area contributed by atoms with Crippen molar-refractivity contribution in [2.45, 2.75) is 37.8 Å². The first-order chi connectivity index (χ1) is 29.7. The predicted molar refractivity (Wildman–Crippen MR) is 205 cm³/mol. The molecule has 2 saturated heterocycles. The fourth-order valence-electron chi connectivity index (χ4n) is 5.47. The van der Waals surface area contributed by atoms with Crippen molar-refractivity contribution >= 4 is 35.6 Å². The van der Waals surface area contributed by atoms with Crippen LogP contribution in [-0.4, -0.2) is 233 Å². The summed E-state index contributed by atoms with van der Waals surface area (Å²) in [5.41, 5.74) is -2.59. The number of nitrogens with zero attached hydrogens (tertiary/aromatic N) is 2. The normalized spacial score (nSPS) is 14.6. The van der Waals surface area contributed by atoms with E-state index in [9.17, 15) is 33.9 Å². The molecule has 2 heterocycles. The van der Waals surface area contributed by atoms with Crippen molar-refractivity contribution in [1.29, 1.82) is 0 Å². The molecule has 2 aliphatic heterocycles. The van der Waals surface area contributed by atoms with Gasteiger partial charge in [0.1, 0.15) is 6.61 Å². The highest BCUT2D eigenvalue weighted by atomic mass is 16.6. The van der Waals surface area contributed by atoms with E-state index in [0.29, 0.717) is 142 Å². The fraction of sp³-hybridized carbons (Fsp3) is 0.842. The van der Waals surface area contributed by atoms with E-state index in [2.05, 4.69) is 0 Å². The van der Waals surface area contributed by atoms with Gasteiger partial charge in [0.25, 0.3) is 5.66 Å². The van der Waals surface area contributed by atoms with Crippen LogP contribution in [0.1, 0.15) is 32.1 Å². The molecule has 0 unspecified atom stereocenters. The van der Waals surface area contributed by atoms with E-state index in [1.165, 1.54) is 0 Å². The lowest BCUT2D eigenvalue weighted by molar-refractivity contribution is -0.190. The highest BCUT2D eigenvalue weighted by Gasteiger charge is 2.61. The Kier molecular flexibility index (Phi) is 31.1. The lowest BCUT2D eigenvalue weighted by Gasteiger charge is -2.41. The van der Waals surface area contributed by atoms with Crippen LogP contribution in [0, 0.1) is 0 Å². The summed E-state index contributed by atoms with van der Waals surface area (Å²) in [5.74, 6) is -5.80. The van der Waals surface area contributed by atoms with Gasteiger partial charge >= 0.3 is 11.9 Å². The standard InChI is InChI=1S/C38H64N2O21/c41-32-1-2-33(42)39(32)38(37(47)48,40-34(43)3-4-35(40)44)31-61-30-29-60-28-27-59-26-25-58-24-23-57-22-21-56-20-19-55-18-17-54-16-15-53-14-13-52-12-11-51-10-9-50-8-7-49-6-5-36(45)46/h1-31H2,(H,45,46)(H,47,48). The van der Waals surface area contributed by atoms with Crippen LogP contribution in [0.15, 0.2) is 0 Å². The van der Waals surface area contributed by atoms with Crippen molar-refractivity contribution in [1.82, 2.24) is 9.80 Å². The first-order valence-corrected chi connectivity index (χ1v) is 20.4. The molecular formula is C38H64N2O21. The van der Waals surface area contributed by atoms with E-state index in [-0.39, 0.29) is 65.1 Å². The second-order valence-corrected chi connectivity index (χ2v) is 12.9. The van der Waals surface area contributed by atoms with Gasteiger partial charge in [0.15, 0.2) is 0 Å². The molecule has 61 heavy (non-hydrogen) atoms. The van der Waals surface area contributed by atoms with E-state index in [0.717, 1.165) is 0 Å². The molecule has 23 heteroatoms. The lowest BCUT2D eigenvalue weighted by atomic mass is 10.1. The van der Waals surface area contributed by atoms with Gasteiger partial charge in [0, 0.05) is 25.7 Å². The van der Waals surface area contributed by atoms with Crippen LogP contribution in [0.5, 0.6) is 0 Å². The third kappa shape index (κ3) is 23.6. The van der Waals surface area contributed by atoms with Crippen molar-refractivity contribution in [3.63, 3.8) is 0 Å². The molecule has 0 spiro atoms. The molecule has 2 rings (SSSR count). The zero-order valence-electron chi connectivity index (χ0n) is 35.0. The van der Waals surface area contributed by atoms with Gasteiger partial charge in [-0.15, -0.1) is 0 Å². The zero-order chi connectivity index (χ0) is 44.2. The van der Waals surface area contributed by atoms with Crippen LogP contribution in [0.2, 0.25) is 0 Å². The predicted octanol–water partition coefficient (Wildman–Crippen LogP) is -1.24. The molecule has 0 saturated carbocycles. The van der Waals surface area contributed by atoms with Crippen LogP contribution < -0.4 is 0 Å². The van der Waals surface area contributed by atoms with Gasteiger partial charge in [-0.2, -0.15) is 0 Å². The molecule has 2 N–H and O–H groups in total. The fourth-order valence-corrected chi connectivity index (χ4v) is 5.47. The minimum Gasteiger partial charge on any atom is -0.481 e. The first-order valence-electron chi connectivity index (χ1n) is 20.4. The van der Waals surface area contributed by atoms with Crippen molar-refractivity contribution < 1.29 is 101 Å². The lowest BCUT2D eigenvalue weighted by Crippen LogP contribution is -2.70. The van der Waals surface area contributed by atoms with Crippen molar-refractivity contribution in [3.05, 3.63) is 0 Å². The zero-order valence-corrected chi connectivity index (χ0v) is 35.0. The van der Waals surface area contributed by atoms with Crippen LogP contribution in [-0.2, 0) is 90.3 Å². The van der Waals surface area contributed by atoms with Gasteiger partial charge in [-0.1, -0.05) is 0 Å². The third-order valence-corrected chi connectivity index (χ3v) is 8.41. The van der Waals surface area contributed by atoms with E-state index < -0.39 is 47.8 Å². The summed E-state index contributed by atoms with van der Waals surface area (Å²) in [6.07, 6.45) is -0.923. The minimum atomic E-state index is -2.59. The smallest absolute Gasteiger partial charge is 0.354 e. The first kappa shape index (κ1) is 53.8. The number of carboxylic acids is 2. The highest BCUT2D eigenvalue weighted by molar-refractivity contribution is 6.11. The van der Waals surface area contributed by atoms with Crippen molar-refractivity contribution in [2.75, 3.05) is 172 Å². The number of imide groups is 2. The number of hydrogen-bond acceptors (Lipinski definition) is 19. The number of amides is 4. The molecule has 0 aromatic rings. The number of ether oxygens (including phenoxy) is 13. The molecule has 352 valence electrons. The molecule has 2 fully saturated rings. The Bertz CT molecular complexity index is 1170. The van der Waals surface area contributed by atoms with Gasteiger partial charge in [0.2, 0.25) is 23.6 Å². The Morgan fingerprint density at radius 1 is 0.361 bits per heavy atom. The summed E-state index contributed by atoms with van der Waals surface area (Å²) in [7, 11) is 0. The topological polar surface area (TPSA) is 269 Å². The summed E-state index contributed by atoms with van der Waals surface area (Å²) in [6, 6.07) is 0. The number of carboxylic acid groups (broad SMARTS) is 2. The Morgan fingerprint density at radius 2 is 0.557 bits per heavy atom. The number of carbonyl (C=O) groups excluding carboxylic acids is 4. The quantitative estimate of drug-likeness (QED) is 0.0535. The van der Waals surface area contributed by atoms with Crippen molar-refractivity contribution in [2.24, 2.45) is 0 Å². The maximum atomic E-state index is 12.5. The van der Waals surface area contributed by atoms with Crippen LogP contribution in [0.4, 0.5) is 0 Å². The molecule has 4 amide bonds. The summed E-state index contributed by atoms with van der Waals surface area (Å²) < 4.78 is 70.3. The summed E-state index contributed by atoms with van der Waals surface area (Å²) in [4.78, 5) is 73.6. The van der Waals surface area contributed by atoms with Gasteiger partial charge in [-0.05, 0) is 0 Å². The molecule has 23 nitrogen and oxygen atoms in total. The monoisotopic (exact) mass is 884 g/mol. The number of rotatable bonds is 44. The molecule has 0 radical (unpaired) electrons. The highest BCUT2D eigenvalue weighted by Crippen LogP contribution is 2.33. The summed E-state index contributed by atoms with van der Waals surface area (Å²) >= 11 is 0. The average molecular weight is 885 g/mol. The van der Waals surface area contributed by atoms with Crippen molar-refractivity contribution in [3.8, 4) is 0 Å². The minimum absolute atomic E-state index is 0.0195. The molecule has 0 bridgehead atoms. The third-order valence-electron chi connectivity index (χ3n) is 8.41. The molecule has 0 aliphatic carbocycles. The second kappa shape index (κ2) is 35.2. The molecule has 0 atom stereocenters. The van der Waals surface area contributed by atoms with Crippen LogP contribution >= 0.6 is 0 Å². The maximum absolute atomic E-state index is 12.5. The Labute approximate surface area is 355 Å². The SMILES string of the molecule is O=C(O)CCOCCOCCOCCOCCOCCOCCOCCOCCOCCOCCOCCOCCOCC(C(=O)O)(N1C(=O)CCC1=O)N1C(=O)CCC1=O. The number of hydrogen-bond donors (Lipinski definition) is 2. The van der Waals surface area contributed by atoms with E-state index >= 15 is 0 Å². The molecule has 2 aliphatic rings. The number of aliphatic carboxylic acids is 2. The summed E-state index contributed by atoms with van der Waals surface area (Å²) in [5, 5.41) is 18.6. The Balaban J connectivity index is 1.26. The average Bonchev–Trinajstić information content (AvgIpc) is 3.76. The van der Waals surface area contributed by atoms with Gasteiger partial charge in [-0.25, -0.2) is 14.6 Å². The number of carbonyl (C=O) groups is 6. The van der Waals surface area contributed by atoms with Gasteiger partial charge in [-0.3, -0.25) is 24.0 Å². The van der Waals surface area contributed by atoms with Crippen LogP contribution in [0.25, 0.3) is 0 Å². The summed E-state index contributed by atoms with van der Waals surface area (Å²) in [6.45, 7) is 8.06. The Hall–Kier alpha value is -3.30. The van der Waals surface area contributed by atoms with E-state index in [1.54, 1.807) is 0 Å². The largest absolute Gasteiger partial charge is 0.481 e. The van der Waals surface area contributed by atoms with Gasteiger partial charge in [0.05, 0.1) is 172 Å². The van der Waals surface area contributed by atoms with E-state index in [4.69, 9.17) is 66.7 Å². The number of likely N-dealkylation sites (tertiary alicyclic amines) is 2. The molecular weight excluding hydrogens is 820 g/mol. The second-order valence-electron chi connectivity index (χ2n) is 12.9.